The van der Waals surface area contributed by atoms with E-state index < -0.39 is 63.3 Å². The third kappa shape index (κ3) is 2.89. The Hall–Kier alpha value is -2.48. The molecule has 0 atom stereocenters. The van der Waals surface area contributed by atoms with Crippen LogP contribution in [0.1, 0.15) is 15.9 Å². The van der Waals surface area contributed by atoms with E-state index in [1.54, 1.807) is 0 Å². The molecule has 0 spiro atoms. The molecule has 0 aromatic heterocycles. The summed E-state index contributed by atoms with van der Waals surface area (Å²) in [5, 5.41) is 10.8. The Morgan fingerprint density at radius 2 is 1.57 bits per heavy atom. The van der Waals surface area contributed by atoms with E-state index in [-0.39, 0.29) is 6.08 Å². The van der Waals surface area contributed by atoms with Crippen LogP contribution in [-0.4, -0.2) is 42.4 Å². The van der Waals surface area contributed by atoms with Crippen molar-refractivity contribution in [3.8, 4) is 0 Å². The predicted molar refractivity (Wildman–Crippen MR) is 71.8 cm³/mol. The minimum absolute atomic E-state index is 0.206. The van der Waals surface area contributed by atoms with Crippen LogP contribution in [0.3, 0.4) is 0 Å². The van der Waals surface area contributed by atoms with Crippen LogP contribution in [0.4, 0.5) is 5.69 Å². The van der Waals surface area contributed by atoms with Gasteiger partial charge in [-0.3, -0.25) is 28.8 Å². The van der Waals surface area contributed by atoms with Crippen LogP contribution in [0.2, 0.25) is 0 Å². The molecule has 13 heteroatoms. The number of nitrogens with zero attached hydrogens (tertiary/aromatic N) is 1. The van der Waals surface area contributed by atoms with Crippen molar-refractivity contribution in [2.24, 2.45) is 0 Å². The first-order valence-corrected chi connectivity index (χ1v) is 8.30. The molecule has 0 unspecified atom stereocenters. The van der Waals surface area contributed by atoms with Gasteiger partial charge in [0, 0.05) is 23.8 Å². The van der Waals surface area contributed by atoms with E-state index in [4.69, 9.17) is 9.11 Å². The van der Waals surface area contributed by atoms with Crippen molar-refractivity contribution in [3.63, 3.8) is 0 Å². The number of fused-ring (bicyclic) bond motifs is 1. The van der Waals surface area contributed by atoms with E-state index in [0.717, 1.165) is 0 Å². The Bertz CT molecular complexity index is 1020. The van der Waals surface area contributed by atoms with Crippen LogP contribution in [-0.2, 0) is 25.0 Å². The summed E-state index contributed by atoms with van der Waals surface area (Å²) < 4.78 is 63.4. The number of rotatable bonds is 3. The lowest BCUT2D eigenvalue weighted by Gasteiger charge is -2.16. The Kier molecular flexibility index (Phi) is 3.68. The number of carbonyl (C=O) groups excluding carboxylic acids is 2. The molecule has 1 aromatic rings. The summed E-state index contributed by atoms with van der Waals surface area (Å²) in [6, 6.07) is 0.792. The molecule has 1 aromatic carbocycles. The van der Waals surface area contributed by atoms with E-state index in [9.17, 15) is 36.5 Å². The lowest BCUT2D eigenvalue weighted by molar-refractivity contribution is -0.385. The normalized spacial score (nSPS) is 15.1. The van der Waals surface area contributed by atoms with Crippen LogP contribution in [0.5, 0.6) is 0 Å². The number of non-ortho nitro benzene ring substituents is 1. The first-order valence-electron chi connectivity index (χ1n) is 5.42. The maximum atomic E-state index is 11.8. The standard InChI is InChI=1S/C10H5NO10S2/c12-6-3-7(22(16,17)18)5-1-4(11(14)15)2-8(23(19,20)21)9(5)10(6)13/h1-3H,(H,16,17,18)(H,19,20,21). The van der Waals surface area contributed by atoms with Crippen LogP contribution < -0.4 is 0 Å². The van der Waals surface area contributed by atoms with E-state index in [2.05, 4.69) is 0 Å². The van der Waals surface area contributed by atoms with E-state index in [1.165, 1.54) is 0 Å². The average Bonchev–Trinajstić information content (AvgIpc) is 2.39. The van der Waals surface area contributed by atoms with Gasteiger partial charge in [-0.2, -0.15) is 16.8 Å². The largest absolute Gasteiger partial charge is 0.295 e. The van der Waals surface area contributed by atoms with Gasteiger partial charge in [-0.15, -0.1) is 0 Å². The highest BCUT2D eigenvalue weighted by Gasteiger charge is 2.38. The fourth-order valence-corrected chi connectivity index (χ4v) is 3.36. The van der Waals surface area contributed by atoms with Gasteiger partial charge >= 0.3 is 0 Å². The van der Waals surface area contributed by atoms with Gasteiger partial charge in [-0.25, -0.2) is 0 Å². The number of hydrogen-bond donors (Lipinski definition) is 2. The third-order valence-electron chi connectivity index (χ3n) is 2.83. The minimum Gasteiger partial charge on any atom is -0.286 e. The second-order valence-electron chi connectivity index (χ2n) is 4.28. The molecular weight excluding hydrogens is 358 g/mol. The van der Waals surface area contributed by atoms with Gasteiger partial charge < -0.3 is 0 Å². The fourth-order valence-electron chi connectivity index (χ4n) is 1.94. The highest BCUT2D eigenvalue weighted by molar-refractivity contribution is 7.95. The first-order chi connectivity index (χ1) is 10.3. The maximum Gasteiger partial charge on any atom is 0.295 e. The average molecular weight is 363 g/mol. The Balaban J connectivity index is 3.07. The van der Waals surface area contributed by atoms with Gasteiger partial charge in [-0.1, -0.05) is 0 Å². The smallest absolute Gasteiger partial charge is 0.286 e. The molecule has 0 heterocycles. The molecule has 0 saturated heterocycles. The molecule has 23 heavy (non-hydrogen) atoms. The molecule has 0 saturated carbocycles. The van der Waals surface area contributed by atoms with Crippen molar-refractivity contribution in [2.75, 3.05) is 0 Å². The Labute approximate surface area is 127 Å². The number of benzene rings is 1. The molecule has 2 rings (SSSR count). The van der Waals surface area contributed by atoms with Crippen molar-refractivity contribution < 1.29 is 40.5 Å². The van der Waals surface area contributed by atoms with Crippen LogP contribution in [0, 0.1) is 10.1 Å². The summed E-state index contributed by atoms with van der Waals surface area (Å²) in [7, 11) is -10.3. The Morgan fingerprint density at radius 3 is 2.00 bits per heavy atom. The molecule has 0 radical (unpaired) electrons. The molecule has 2 N–H and O–H groups in total. The summed E-state index contributed by atoms with van der Waals surface area (Å²) in [5.74, 6) is -2.99. The molecule has 0 fully saturated rings. The molecule has 122 valence electrons. The molecule has 1 aliphatic carbocycles. The van der Waals surface area contributed by atoms with Gasteiger partial charge in [-0.05, 0) is 0 Å². The fraction of sp³-hybridized carbons (Fsp3) is 0. The summed E-state index contributed by atoms with van der Waals surface area (Å²) >= 11 is 0. The van der Waals surface area contributed by atoms with Gasteiger partial charge in [0.25, 0.3) is 25.9 Å². The zero-order valence-electron chi connectivity index (χ0n) is 10.7. The van der Waals surface area contributed by atoms with Crippen molar-refractivity contribution >= 4 is 42.4 Å². The van der Waals surface area contributed by atoms with Gasteiger partial charge in [0.05, 0.1) is 10.5 Å². The second kappa shape index (κ2) is 5.02. The maximum absolute atomic E-state index is 11.8. The Morgan fingerprint density at radius 1 is 1.00 bits per heavy atom. The molecule has 1 aliphatic rings. The highest BCUT2D eigenvalue weighted by Crippen LogP contribution is 2.36. The molecule has 11 nitrogen and oxygen atoms in total. The summed E-state index contributed by atoms with van der Waals surface area (Å²) in [6.07, 6.45) is 0.206. The van der Waals surface area contributed by atoms with Crippen molar-refractivity contribution in [3.05, 3.63) is 39.4 Å². The van der Waals surface area contributed by atoms with E-state index in [0.29, 0.717) is 12.1 Å². The first kappa shape index (κ1) is 16.9. The number of hydrogen-bond acceptors (Lipinski definition) is 8. The van der Waals surface area contributed by atoms with Crippen LogP contribution in [0.15, 0.2) is 23.1 Å². The molecule has 0 aliphatic heterocycles. The highest BCUT2D eigenvalue weighted by atomic mass is 32.2. The summed E-state index contributed by atoms with van der Waals surface area (Å²) in [4.78, 5) is 30.5. The van der Waals surface area contributed by atoms with Gasteiger partial charge in [0.1, 0.15) is 9.80 Å². The molecule has 0 bridgehead atoms. The van der Waals surface area contributed by atoms with Crippen molar-refractivity contribution in [1.82, 2.24) is 0 Å². The van der Waals surface area contributed by atoms with Crippen LogP contribution >= 0.6 is 0 Å². The SMILES string of the molecule is O=C1C=C(S(=O)(=O)O)c2cc([N+](=O)[O-])cc(S(=O)(=O)O)c2C1=O. The van der Waals surface area contributed by atoms with Crippen LogP contribution in [0.25, 0.3) is 4.91 Å². The summed E-state index contributed by atoms with van der Waals surface area (Å²) in [6.45, 7) is 0. The third-order valence-corrected chi connectivity index (χ3v) is 4.60. The quantitative estimate of drug-likeness (QED) is 0.316. The number of allylic oxidation sites excluding steroid dienone is 1. The number of nitro groups is 1. The van der Waals surface area contributed by atoms with Gasteiger partial charge in [0.15, 0.2) is 0 Å². The number of carbonyl (C=O) groups is 2. The second-order valence-corrected chi connectivity index (χ2v) is 7.06. The monoisotopic (exact) mass is 363 g/mol. The number of Topliss-reactive ketones (excluding diaryl/α,β-unsaturated/α-hetero) is 1. The predicted octanol–water partition coefficient (Wildman–Crippen LogP) is -0.164. The molecule has 0 amide bonds. The zero-order chi connectivity index (χ0) is 17.7. The summed E-state index contributed by atoms with van der Waals surface area (Å²) in [5.41, 5.74) is -2.93. The number of nitro benzene ring substituents is 1. The topological polar surface area (TPSA) is 186 Å². The minimum atomic E-state index is -5.21. The van der Waals surface area contributed by atoms with Crippen molar-refractivity contribution in [2.45, 2.75) is 4.90 Å². The number of ketones is 2. The lowest BCUT2D eigenvalue weighted by Crippen LogP contribution is -2.24. The van der Waals surface area contributed by atoms with Crippen molar-refractivity contribution in [1.29, 1.82) is 0 Å². The lowest BCUT2D eigenvalue weighted by atomic mass is 9.94. The van der Waals surface area contributed by atoms with E-state index in [1.807, 2.05) is 0 Å². The zero-order valence-corrected chi connectivity index (χ0v) is 12.3. The van der Waals surface area contributed by atoms with E-state index >= 15 is 0 Å². The van der Waals surface area contributed by atoms with Gasteiger partial charge in [0.2, 0.25) is 11.6 Å². The molecular formula is C10H5NO10S2.